The normalized spacial score (nSPS) is 11.2. The molecule has 0 saturated heterocycles. The van der Waals surface area contributed by atoms with E-state index in [1.54, 1.807) is 24.3 Å². The number of ether oxygens (including phenoxy) is 2. The number of halogens is 3. The number of methoxy groups -OCH3 is 1. The Morgan fingerprint density at radius 2 is 1.83 bits per heavy atom. The van der Waals surface area contributed by atoms with Crippen molar-refractivity contribution in [1.82, 2.24) is 0 Å². The van der Waals surface area contributed by atoms with Crippen molar-refractivity contribution in [3.63, 3.8) is 0 Å². The summed E-state index contributed by atoms with van der Waals surface area (Å²) in [6.45, 7) is 1.19. The van der Waals surface area contributed by atoms with Gasteiger partial charge in [0.15, 0.2) is 5.78 Å². The van der Waals surface area contributed by atoms with Crippen molar-refractivity contribution in [3.05, 3.63) is 59.2 Å². The van der Waals surface area contributed by atoms with E-state index in [2.05, 4.69) is 0 Å². The first-order valence-electron chi connectivity index (χ1n) is 6.79. The minimum absolute atomic E-state index is 0.0464. The van der Waals surface area contributed by atoms with Crippen molar-refractivity contribution in [3.8, 4) is 11.5 Å². The van der Waals surface area contributed by atoms with Gasteiger partial charge in [-0.25, -0.2) is 0 Å². The van der Waals surface area contributed by atoms with Crippen LogP contribution in [0.1, 0.15) is 28.4 Å². The zero-order chi connectivity index (χ0) is 17.0. The molecule has 23 heavy (non-hydrogen) atoms. The molecule has 0 saturated carbocycles. The molecule has 2 rings (SSSR count). The number of carbonyl (C=O) groups is 1. The maximum absolute atomic E-state index is 13.0. The summed E-state index contributed by atoms with van der Waals surface area (Å²) < 4.78 is 49.5. The fourth-order valence-electron chi connectivity index (χ4n) is 2.08. The molecule has 6 heteroatoms. The average Bonchev–Trinajstić information content (AvgIpc) is 2.52. The molecule has 0 radical (unpaired) electrons. The Bertz CT molecular complexity index is 708. The molecular weight excluding hydrogens is 309 g/mol. The standard InChI is InChI=1S/C17H15F3O3/c1-11(21)15-7-6-14(9-16(15)17(18,19)20)23-10-12-4-3-5-13(8-12)22-2/h3-9H,10H2,1-2H3. The zero-order valence-corrected chi connectivity index (χ0v) is 12.6. The third-order valence-electron chi connectivity index (χ3n) is 3.22. The lowest BCUT2D eigenvalue weighted by atomic mass is 10.0. The lowest BCUT2D eigenvalue weighted by Crippen LogP contribution is -2.12. The molecule has 0 fully saturated rings. The van der Waals surface area contributed by atoms with E-state index in [0.29, 0.717) is 5.75 Å². The van der Waals surface area contributed by atoms with Crippen molar-refractivity contribution in [2.75, 3.05) is 7.11 Å². The van der Waals surface area contributed by atoms with Gasteiger partial charge in [0.25, 0.3) is 0 Å². The van der Waals surface area contributed by atoms with Gasteiger partial charge in [0.2, 0.25) is 0 Å². The molecule has 0 aromatic heterocycles. The third-order valence-corrected chi connectivity index (χ3v) is 3.22. The molecular formula is C17H15F3O3. The van der Waals surface area contributed by atoms with Crippen molar-refractivity contribution in [1.29, 1.82) is 0 Å². The van der Waals surface area contributed by atoms with Crippen LogP contribution in [0.5, 0.6) is 11.5 Å². The van der Waals surface area contributed by atoms with Crippen LogP contribution in [0.3, 0.4) is 0 Å². The van der Waals surface area contributed by atoms with Gasteiger partial charge in [0.1, 0.15) is 18.1 Å². The number of alkyl halides is 3. The highest BCUT2D eigenvalue weighted by Gasteiger charge is 2.34. The van der Waals surface area contributed by atoms with E-state index < -0.39 is 17.5 Å². The van der Waals surface area contributed by atoms with Gasteiger partial charge in [0, 0.05) is 5.56 Å². The first-order chi connectivity index (χ1) is 10.8. The van der Waals surface area contributed by atoms with E-state index in [9.17, 15) is 18.0 Å². The summed E-state index contributed by atoms with van der Waals surface area (Å²) >= 11 is 0. The molecule has 3 nitrogen and oxygen atoms in total. The molecule has 0 aliphatic heterocycles. The van der Waals surface area contributed by atoms with Crippen LogP contribution in [-0.4, -0.2) is 12.9 Å². The van der Waals surface area contributed by atoms with Crippen LogP contribution in [-0.2, 0) is 12.8 Å². The minimum Gasteiger partial charge on any atom is -0.497 e. The fraction of sp³-hybridized carbons (Fsp3) is 0.235. The molecule has 2 aromatic rings. The maximum atomic E-state index is 13.0. The molecule has 0 bridgehead atoms. The first kappa shape index (κ1) is 16.9. The van der Waals surface area contributed by atoms with Crippen LogP contribution < -0.4 is 9.47 Å². The summed E-state index contributed by atoms with van der Waals surface area (Å²) in [5, 5.41) is 0. The summed E-state index contributed by atoms with van der Waals surface area (Å²) in [5.41, 5.74) is -0.604. The average molecular weight is 324 g/mol. The van der Waals surface area contributed by atoms with Crippen LogP contribution in [0.4, 0.5) is 13.2 Å². The molecule has 0 heterocycles. The van der Waals surface area contributed by atoms with E-state index in [1.807, 2.05) is 0 Å². The number of Topliss-reactive ketones (excluding diaryl/α,β-unsaturated/α-hetero) is 1. The highest BCUT2D eigenvalue weighted by Crippen LogP contribution is 2.34. The number of ketones is 1. The summed E-state index contributed by atoms with van der Waals surface area (Å²) in [6, 6.07) is 10.4. The molecule has 2 aromatic carbocycles. The van der Waals surface area contributed by atoms with E-state index in [1.165, 1.54) is 13.2 Å². The smallest absolute Gasteiger partial charge is 0.417 e. The second kappa shape index (κ2) is 6.73. The summed E-state index contributed by atoms with van der Waals surface area (Å²) in [7, 11) is 1.52. The van der Waals surface area contributed by atoms with E-state index in [-0.39, 0.29) is 17.9 Å². The van der Waals surface area contributed by atoms with Crippen molar-refractivity contribution >= 4 is 5.78 Å². The Morgan fingerprint density at radius 3 is 2.43 bits per heavy atom. The Labute approximate surface area is 131 Å². The third kappa shape index (κ3) is 4.25. The lowest BCUT2D eigenvalue weighted by molar-refractivity contribution is -0.138. The number of benzene rings is 2. The number of rotatable bonds is 5. The molecule has 0 aliphatic carbocycles. The molecule has 0 aliphatic rings. The van der Waals surface area contributed by atoms with Gasteiger partial charge in [-0.3, -0.25) is 4.79 Å². The largest absolute Gasteiger partial charge is 0.497 e. The van der Waals surface area contributed by atoms with Crippen LogP contribution >= 0.6 is 0 Å². The van der Waals surface area contributed by atoms with Crippen LogP contribution in [0.2, 0.25) is 0 Å². The Kier molecular flexibility index (Phi) is 4.93. The maximum Gasteiger partial charge on any atom is 0.417 e. The van der Waals surface area contributed by atoms with Crippen molar-refractivity contribution in [2.45, 2.75) is 19.7 Å². The highest BCUT2D eigenvalue weighted by molar-refractivity contribution is 5.95. The van der Waals surface area contributed by atoms with Gasteiger partial charge in [-0.1, -0.05) is 12.1 Å². The molecule has 0 atom stereocenters. The Balaban J connectivity index is 2.22. The number of carbonyl (C=O) groups excluding carboxylic acids is 1. The summed E-state index contributed by atoms with van der Waals surface area (Å²) in [4.78, 5) is 11.3. The molecule has 0 unspecified atom stereocenters. The quantitative estimate of drug-likeness (QED) is 0.760. The van der Waals surface area contributed by atoms with Crippen molar-refractivity contribution in [2.24, 2.45) is 0 Å². The Hall–Kier alpha value is -2.50. The second-order valence-electron chi connectivity index (χ2n) is 4.90. The van der Waals surface area contributed by atoms with Gasteiger partial charge in [0.05, 0.1) is 12.7 Å². The van der Waals surface area contributed by atoms with Gasteiger partial charge < -0.3 is 9.47 Å². The molecule has 0 spiro atoms. The van der Waals surface area contributed by atoms with Gasteiger partial charge >= 0.3 is 6.18 Å². The predicted molar refractivity (Wildman–Crippen MR) is 78.8 cm³/mol. The van der Waals surface area contributed by atoms with Gasteiger partial charge in [-0.2, -0.15) is 13.2 Å². The van der Waals surface area contributed by atoms with Crippen LogP contribution in [0.25, 0.3) is 0 Å². The minimum atomic E-state index is -4.61. The van der Waals surface area contributed by atoms with E-state index in [4.69, 9.17) is 9.47 Å². The lowest BCUT2D eigenvalue weighted by Gasteiger charge is -2.14. The number of hydrogen-bond donors (Lipinski definition) is 0. The van der Waals surface area contributed by atoms with Crippen LogP contribution in [0.15, 0.2) is 42.5 Å². The highest BCUT2D eigenvalue weighted by atomic mass is 19.4. The Morgan fingerprint density at radius 1 is 1.09 bits per heavy atom. The number of hydrogen-bond acceptors (Lipinski definition) is 3. The zero-order valence-electron chi connectivity index (χ0n) is 12.6. The van der Waals surface area contributed by atoms with E-state index in [0.717, 1.165) is 24.6 Å². The molecule has 122 valence electrons. The second-order valence-corrected chi connectivity index (χ2v) is 4.90. The monoisotopic (exact) mass is 324 g/mol. The van der Waals surface area contributed by atoms with Crippen LogP contribution in [0, 0.1) is 0 Å². The summed E-state index contributed by atoms with van der Waals surface area (Å²) in [6.07, 6.45) is -4.61. The van der Waals surface area contributed by atoms with Gasteiger partial charge in [-0.15, -0.1) is 0 Å². The SMILES string of the molecule is COc1cccc(COc2ccc(C(C)=O)c(C(F)(F)F)c2)c1. The fourth-order valence-corrected chi connectivity index (χ4v) is 2.08. The van der Waals surface area contributed by atoms with Crippen molar-refractivity contribution < 1.29 is 27.4 Å². The molecule has 0 amide bonds. The van der Waals surface area contributed by atoms with Gasteiger partial charge in [-0.05, 0) is 42.8 Å². The predicted octanol–water partition coefficient (Wildman–Crippen LogP) is 4.50. The topological polar surface area (TPSA) is 35.5 Å². The van der Waals surface area contributed by atoms with E-state index >= 15 is 0 Å². The molecule has 0 N–H and O–H groups in total. The summed E-state index contributed by atoms with van der Waals surface area (Å²) in [5.74, 6) is 0.0378. The first-order valence-corrected chi connectivity index (χ1v) is 6.79.